The fraction of sp³-hybridized carbons (Fsp3) is 0.500. The predicted octanol–water partition coefficient (Wildman–Crippen LogP) is 1.28. The van der Waals surface area contributed by atoms with Crippen molar-refractivity contribution in [2.24, 2.45) is 0 Å². The number of imide groups is 1. The molecule has 1 aromatic rings. The normalized spacial score (nSPS) is 22.6. The molecule has 3 rings (SSSR count). The SMILES string of the molecule is CCCN1C(=O)CC(NC2Cc3ccccc3C2)C1=O. The Hall–Kier alpha value is -1.68. The van der Waals surface area contributed by atoms with Crippen molar-refractivity contribution in [2.75, 3.05) is 6.54 Å². The lowest BCUT2D eigenvalue weighted by atomic mass is 10.1. The second-order valence-corrected chi connectivity index (χ2v) is 5.68. The average molecular weight is 272 g/mol. The van der Waals surface area contributed by atoms with Crippen molar-refractivity contribution in [1.29, 1.82) is 0 Å². The van der Waals surface area contributed by atoms with Gasteiger partial charge in [0.1, 0.15) is 0 Å². The van der Waals surface area contributed by atoms with Gasteiger partial charge in [0.2, 0.25) is 11.8 Å². The molecule has 1 saturated heterocycles. The second kappa shape index (κ2) is 5.37. The van der Waals surface area contributed by atoms with Gasteiger partial charge in [-0.1, -0.05) is 31.2 Å². The van der Waals surface area contributed by atoms with Crippen molar-refractivity contribution in [1.82, 2.24) is 10.2 Å². The van der Waals surface area contributed by atoms with E-state index in [0.29, 0.717) is 13.0 Å². The van der Waals surface area contributed by atoms with E-state index in [0.717, 1.165) is 19.3 Å². The molecular weight excluding hydrogens is 252 g/mol. The number of nitrogens with one attached hydrogen (secondary N) is 1. The number of nitrogens with zero attached hydrogens (tertiary/aromatic N) is 1. The molecule has 0 saturated carbocycles. The number of likely N-dealkylation sites (tertiary alicyclic amines) is 1. The van der Waals surface area contributed by atoms with Gasteiger partial charge in [0.05, 0.1) is 12.5 Å². The Kier molecular flexibility index (Phi) is 3.57. The van der Waals surface area contributed by atoms with E-state index in [1.807, 2.05) is 6.92 Å². The van der Waals surface area contributed by atoms with Gasteiger partial charge in [-0.2, -0.15) is 0 Å². The summed E-state index contributed by atoms with van der Waals surface area (Å²) in [6, 6.07) is 8.33. The van der Waals surface area contributed by atoms with Gasteiger partial charge >= 0.3 is 0 Å². The van der Waals surface area contributed by atoms with E-state index >= 15 is 0 Å². The first kappa shape index (κ1) is 13.3. The number of fused-ring (bicyclic) bond motifs is 1. The molecule has 0 bridgehead atoms. The minimum absolute atomic E-state index is 0.0372. The van der Waals surface area contributed by atoms with Crippen molar-refractivity contribution in [3.05, 3.63) is 35.4 Å². The van der Waals surface area contributed by atoms with Crippen molar-refractivity contribution < 1.29 is 9.59 Å². The van der Waals surface area contributed by atoms with Crippen LogP contribution in [0.25, 0.3) is 0 Å². The molecule has 1 fully saturated rings. The summed E-state index contributed by atoms with van der Waals surface area (Å²) in [5, 5.41) is 3.38. The first-order valence-corrected chi connectivity index (χ1v) is 7.36. The molecule has 1 unspecified atom stereocenters. The molecule has 20 heavy (non-hydrogen) atoms. The van der Waals surface area contributed by atoms with Crippen LogP contribution in [-0.2, 0) is 22.4 Å². The highest BCUT2D eigenvalue weighted by atomic mass is 16.2. The molecule has 4 nitrogen and oxygen atoms in total. The molecule has 2 amide bonds. The van der Waals surface area contributed by atoms with E-state index in [4.69, 9.17) is 0 Å². The smallest absolute Gasteiger partial charge is 0.246 e. The topological polar surface area (TPSA) is 49.4 Å². The Labute approximate surface area is 119 Å². The number of carbonyl (C=O) groups excluding carboxylic acids is 2. The lowest BCUT2D eigenvalue weighted by Gasteiger charge is -2.18. The summed E-state index contributed by atoms with van der Waals surface area (Å²) in [7, 11) is 0. The van der Waals surface area contributed by atoms with Gasteiger partial charge in [-0.05, 0) is 30.4 Å². The van der Waals surface area contributed by atoms with Crippen molar-refractivity contribution in [3.63, 3.8) is 0 Å². The summed E-state index contributed by atoms with van der Waals surface area (Å²) < 4.78 is 0. The van der Waals surface area contributed by atoms with Crippen LogP contribution in [0.1, 0.15) is 30.9 Å². The predicted molar refractivity (Wildman–Crippen MR) is 76.2 cm³/mol. The minimum atomic E-state index is -0.326. The molecule has 4 heteroatoms. The summed E-state index contributed by atoms with van der Waals surface area (Å²) in [6.45, 7) is 2.52. The van der Waals surface area contributed by atoms with Crippen LogP contribution in [0.15, 0.2) is 24.3 Å². The molecule has 1 atom stereocenters. The molecule has 0 radical (unpaired) electrons. The average Bonchev–Trinajstić information content (AvgIpc) is 2.95. The van der Waals surface area contributed by atoms with Crippen LogP contribution < -0.4 is 5.32 Å². The lowest BCUT2D eigenvalue weighted by Crippen LogP contribution is -2.44. The minimum Gasteiger partial charge on any atom is -0.302 e. The zero-order valence-corrected chi connectivity index (χ0v) is 11.8. The number of amides is 2. The Morgan fingerprint density at radius 1 is 1.15 bits per heavy atom. The van der Waals surface area contributed by atoms with E-state index in [1.54, 1.807) is 0 Å². The number of hydrogen-bond acceptors (Lipinski definition) is 3. The third-order valence-corrected chi connectivity index (χ3v) is 4.18. The standard InChI is InChI=1S/C16H20N2O2/c1-2-7-18-15(19)10-14(16(18)20)17-13-8-11-5-3-4-6-12(11)9-13/h3-6,13-14,17H,2,7-10H2,1H3. The summed E-state index contributed by atoms with van der Waals surface area (Å²) >= 11 is 0. The Balaban J connectivity index is 1.63. The van der Waals surface area contributed by atoms with Crippen LogP contribution in [0.2, 0.25) is 0 Å². The molecule has 0 aromatic heterocycles. The highest BCUT2D eigenvalue weighted by Gasteiger charge is 2.39. The summed E-state index contributed by atoms with van der Waals surface area (Å²) in [6.07, 6.45) is 3.02. The molecule has 1 heterocycles. The molecule has 1 aliphatic heterocycles. The number of benzene rings is 1. The van der Waals surface area contributed by atoms with Crippen LogP contribution in [-0.4, -0.2) is 35.3 Å². The van der Waals surface area contributed by atoms with Crippen molar-refractivity contribution >= 4 is 11.8 Å². The van der Waals surface area contributed by atoms with Crippen LogP contribution in [0.3, 0.4) is 0 Å². The maximum atomic E-state index is 12.2. The number of rotatable bonds is 4. The monoisotopic (exact) mass is 272 g/mol. The highest BCUT2D eigenvalue weighted by molar-refractivity contribution is 6.05. The van der Waals surface area contributed by atoms with Crippen LogP contribution in [0.4, 0.5) is 0 Å². The van der Waals surface area contributed by atoms with E-state index in [9.17, 15) is 9.59 Å². The Morgan fingerprint density at radius 3 is 2.40 bits per heavy atom. The third-order valence-electron chi connectivity index (χ3n) is 4.18. The zero-order chi connectivity index (χ0) is 14.1. The molecule has 1 aromatic carbocycles. The van der Waals surface area contributed by atoms with E-state index in [-0.39, 0.29) is 23.9 Å². The Bertz CT molecular complexity index is 516. The van der Waals surface area contributed by atoms with E-state index in [1.165, 1.54) is 16.0 Å². The van der Waals surface area contributed by atoms with Gasteiger partial charge in [-0.25, -0.2) is 0 Å². The maximum absolute atomic E-state index is 12.2. The fourth-order valence-corrected chi connectivity index (χ4v) is 3.23. The highest BCUT2D eigenvalue weighted by Crippen LogP contribution is 2.23. The fourth-order valence-electron chi connectivity index (χ4n) is 3.23. The molecule has 2 aliphatic rings. The number of carbonyl (C=O) groups is 2. The van der Waals surface area contributed by atoms with Gasteiger partial charge in [-0.3, -0.25) is 14.5 Å². The zero-order valence-electron chi connectivity index (χ0n) is 11.8. The quantitative estimate of drug-likeness (QED) is 0.840. The van der Waals surface area contributed by atoms with Gasteiger partial charge in [0.25, 0.3) is 0 Å². The molecule has 1 N–H and O–H groups in total. The van der Waals surface area contributed by atoms with Crippen LogP contribution in [0.5, 0.6) is 0 Å². The van der Waals surface area contributed by atoms with Crippen LogP contribution in [0, 0.1) is 0 Å². The molecule has 0 spiro atoms. The first-order chi connectivity index (χ1) is 9.69. The molecular formula is C16H20N2O2. The summed E-state index contributed by atoms with van der Waals surface area (Å²) in [5.74, 6) is -0.0855. The van der Waals surface area contributed by atoms with Crippen molar-refractivity contribution in [2.45, 2.75) is 44.7 Å². The summed E-state index contributed by atoms with van der Waals surface area (Å²) in [5.41, 5.74) is 2.71. The number of hydrogen-bond donors (Lipinski definition) is 1. The second-order valence-electron chi connectivity index (χ2n) is 5.68. The van der Waals surface area contributed by atoms with Gasteiger partial charge in [0, 0.05) is 12.6 Å². The summed E-state index contributed by atoms with van der Waals surface area (Å²) in [4.78, 5) is 25.5. The first-order valence-electron chi connectivity index (χ1n) is 7.36. The van der Waals surface area contributed by atoms with E-state index in [2.05, 4.69) is 29.6 Å². The Morgan fingerprint density at radius 2 is 1.80 bits per heavy atom. The van der Waals surface area contributed by atoms with Crippen molar-refractivity contribution in [3.8, 4) is 0 Å². The molecule has 106 valence electrons. The van der Waals surface area contributed by atoms with Gasteiger partial charge in [-0.15, -0.1) is 0 Å². The van der Waals surface area contributed by atoms with Crippen LogP contribution >= 0.6 is 0 Å². The molecule has 1 aliphatic carbocycles. The lowest BCUT2D eigenvalue weighted by molar-refractivity contribution is -0.138. The largest absolute Gasteiger partial charge is 0.302 e. The maximum Gasteiger partial charge on any atom is 0.246 e. The third kappa shape index (κ3) is 2.36. The van der Waals surface area contributed by atoms with E-state index < -0.39 is 0 Å². The van der Waals surface area contributed by atoms with Gasteiger partial charge in [0.15, 0.2) is 0 Å². The van der Waals surface area contributed by atoms with Gasteiger partial charge < -0.3 is 5.32 Å².